The predicted molar refractivity (Wildman–Crippen MR) is 128 cm³/mol. The van der Waals surface area contributed by atoms with Crippen LogP contribution in [0.15, 0.2) is 89.6 Å². The van der Waals surface area contributed by atoms with Crippen LogP contribution in [-0.4, -0.2) is 22.7 Å². The summed E-state index contributed by atoms with van der Waals surface area (Å²) in [5, 5.41) is 2.60. The molecular formula is C25H17F4N3O2S. The van der Waals surface area contributed by atoms with Crippen molar-refractivity contribution in [2.24, 2.45) is 4.99 Å². The maximum atomic E-state index is 13.4. The number of amidine groups is 1. The summed E-state index contributed by atoms with van der Waals surface area (Å²) in [5.74, 6) is -1.74. The maximum Gasteiger partial charge on any atom is 0.416 e. The zero-order valence-corrected chi connectivity index (χ0v) is 18.7. The Morgan fingerprint density at radius 2 is 1.71 bits per heavy atom. The molecule has 1 aliphatic rings. The number of alkyl halides is 3. The molecule has 178 valence electrons. The van der Waals surface area contributed by atoms with Gasteiger partial charge >= 0.3 is 6.18 Å². The first-order valence-corrected chi connectivity index (χ1v) is 11.2. The van der Waals surface area contributed by atoms with Gasteiger partial charge in [0.1, 0.15) is 11.5 Å². The SMILES string of the molecule is O=C(CSC1=NC(=Cc2ccccc2)C(=O)N1c1ccc(F)cc1)Nc1cccc(C(F)(F)F)c1. The summed E-state index contributed by atoms with van der Waals surface area (Å²) in [6, 6.07) is 18.6. The largest absolute Gasteiger partial charge is 0.416 e. The molecule has 0 fully saturated rings. The number of benzene rings is 3. The first-order valence-electron chi connectivity index (χ1n) is 10.3. The van der Waals surface area contributed by atoms with E-state index < -0.39 is 29.4 Å². The number of hydrogen-bond donors (Lipinski definition) is 1. The maximum absolute atomic E-state index is 13.4. The summed E-state index contributed by atoms with van der Waals surface area (Å²) in [6.45, 7) is 0. The Morgan fingerprint density at radius 1 is 1.00 bits per heavy atom. The zero-order chi connectivity index (χ0) is 25.0. The number of aliphatic imine (C=N–C) groups is 1. The van der Waals surface area contributed by atoms with E-state index in [-0.39, 0.29) is 22.3 Å². The lowest BCUT2D eigenvalue weighted by atomic mass is 10.2. The highest BCUT2D eigenvalue weighted by Gasteiger charge is 2.33. The van der Waals surface area contributed by atoms with Gasteiger partial charge in [0.15, 0.2) is 5.17 Å². The monoisotopic (exact) mass is 499 g/mol. The third-order valence-corrected chi connectivity index (χ3v) is 5.76. The van der Waals surface area contributed by atoms with E-state index in [2.05, 4.69) is 10.3 Å². The summed E-state index contributed by atoms with van der Waals surface area (Å²) < 4.78 is 52.2. The van der Waals surface area contributed by atoms with Gasteiger partial charge in [-0.3, -0.25) is 14.5 Å². The van der Waals surface area contributed by atoms with Crippen molar-refractivity contribution in [3.05, 3.63) is 102 Å². The highest BCUT2D eigenvalue weighted by molar-refractivity contribution is 8.14. The fraction of sp³-hybridized carbons (Fsp3) is 0.0800. The molecule has 10 heteroatoms. The van der Waals surface area contributed by atoms with E-state index in [0.29, 0.717) is 5.69 Å². The van der Waals surface area contributed by atoms with E-state index in [4.69, 9.17) is 0 Å². The number of halogens is 4. The Balaban J connectivity index is 1.53. The molecule has 3 aromatic carbocycles. The Kier molecular flexibility index (Phi) is 7.02. The van der Waals surface area contributed by atoms with Crippen LogP contribution in [0.3, 0.4) is 0 Å². The van der Waals surface area contributed by atoms with Crippen molar-refractivity contribution >= 4 is 46.2 Å². The van der Waals surface area contributed by atoms with Crippen LogP contribution in [0.5, 0.6) is 0 Å². The fourth-order valence-electron chi connectivity index (χ4n) is 3.22. The average Bonchev–Trinajstić information content (AvgIpc) is 3.13. The number of rotatable bonds is 5. The standard InChI is InChI=1S/C25H17F4N3O2S/c26-18-9-11-20(12-10-18)32-23(34)21(13-16-5-2-1-3-6-16)31-24(32)35-15-22(33)30-19-8-4-7-17(14-19)25(27,28)29/h1-14H,15H2,(H,30,33). The normalized spacial score (nSPS) is 14.9. The van der Waals surface area contributed by atoms with Gasteiger partial charge in [-0.15, -0.1) is 0 Å². The van der Waals surface area contributed by atoms with Gasteiger partial charge in [-0.25, -0.2) is 9.38 Å². The van der Waals surface area contributed by atoms with Gasteiger partial charge in [0.2, 0.25) is 5.91 Å². The Hall–Kier alpha value is -3.92. The lowest BCUT2D eigenvalue weighted by Crippen LogP contribution is -2.31. The molecule has 0 spiro atoms. The molecular weight excluding hydrogens is 482 g/mol. The summed E-state index contributed by atoms with van der Waals surface area (Å²) in [4.78, 5) is 31.2. The third kappa shape index (κ3) is 5.96. The smallest absolute Gasteiger partial charge is 0.325 e. The second-order valence-corrected chi connectivity index (χ2v) is 8.31. The number of carbonyl (C=O) groups excluding carboxylic acids is 2. The Bertz CT molecular complexity index is 1310. The van der Waals surface area contributed by atoms with Crippen LogP contribution in [0, 0.1) is 5.82 Å². The molecule has 1 aliphatic heterocycles. The van der Waals surface area contributed by atoms with Gasteiger partial charge in [0, 0.05) is 5.69 Å². The van der Waals surface area contributed by atoms with Crippen molar-refractivity contribution in [1.82, 2.24) is 0 Å². The van der Waals surface area contributed by atoms with Crippen LogP contribution in [-0.2, 0) is 15.8 Å². The number of amides is 2. The molecule has 0 unspecified atom stereocenters. The molecule has 3 aromatic rings. The number of anilines is 2. The molecule has 1 heterocycles. The van der Waals surface area contributed by atoms with E-state index in [1.807, 2.05) is 6.07 Å². The molecule has 35 heavy (non-hydrogen) atoms. The van der Waals surface area contributed by atoms with Crippen molar-refractivity contribution in [3.63, 3.8) is 0 Å². The Labute approximate surface area is 202 Å². The lowest BCUT2D eigenvalue weighted by Gasteiger charge is -2.17. The van der Waals surface area contributed by atoms with E-state index in [1.54, 1.807) is 30.3 Å². The number of thioether (sulfide) groups is 1. The van der Waals surface area contributed by atoms with Crippen molar-refractivity contribution in [1.29, 1.82) is 0 Å². The zero-order valence-electron chi connectivity index (χ0n) is 17.9. The minimum atomic E-state index is -4.54. The van der Waals surface area contributed by atoms with E-state index in [1.165, 1.54) is 41.3 Å². The molecule has 1 N–H and O–H groups in total. The van der Waals surface area contributed by atoms with Crippen LogP contribution in [0.1, 0.15) is 11.1 Å². The van der Waals surface area contributed by atoms with E-state index >= 15 is 0 Å². The molecule has 0 aliphatic carbocycles. The van der Waals surface area contributed by atoms with Crippen molar-refractivity contribution in [2.45, 2.75) is 6.18 Å². The van der Waals surface area contributed by atoms with Crippen LogP contribution < -0.4 is 10.2 Å². The predicted octanol–water partition coefficient (Wildman–Crippen LogP) is 5.96. The topological polar surface area (TPSA) is 61.8 Å². The van der Waals surface area contributed by atoms with Crippen LogP contribution in [0.2, 0.25) is 0 Å². The average molecular weight is 499 g/mol. The van der Waals surface area contributed by atoms with Crippen molar-refractivity contribution in [2.75, 3.05) is 16.0 Å². The van der Waals surface area contributed by atoms with E-state index in [9.17, 15) is 27.2 Å². The van der Waals surface area contributed by atoms with Gasteiger partial charge in [-0.2, -0.15) is 13.2 Å². The van der Waals surface area contributed by atoms with Crippen molar-refractivity contribution < 1.29 is 27.2 Å². The molecule has 0 bridgehead atoms. The molecule has 5 nitrogen and oxygen atoms in total. The highest BCUT2D eigenvalue weighted by Crippen LogP contribution is 2.32. The van der Waals surface area contributed by atoms with Gasteiger partial charge in [-0.1, -0.05) is 48.2 Å². The molecule has 4 rings (SSSR count). The molecule has 0 aromatic heterocycles. The van der Waals surface area contributed by atoms with Gasteiger partial charge < -0.3 is 5.32 Å². The number of carbonyl (C=O) groups is 2. The van der Waals surface area contributed by atoms with Gasteiger partial charge in [0.05, 0.1) is 17.0 Å². The number of hydrogen-bond acceptors (Lipinski definition) is 4. The lowest BCUT2D eigenvalue weighted by molar-refractivity contribution is -0.137. The minimum Gasteiger partial charge on any atom is -0.325 e. The van der Waals surface area contributed by atoms with Crippen LogP contribution in [0.25, 0.3) is 6.08 Å². The quantitative estimate of drug-likeness (QED) is 0.348. The summed E-state index contributed by atoms with van der Waals surface area (Å²) >= 11 is 0.933. The Morgan fingerprint density at radius 3 is 2.40 bits per heavy atom. The molecule has 0 atom stereocenters. The minimum absolute atomic E-state index is 0.00471. The first kappa shape index (κ1) is 24.2. The number of nitrogens with zero attached hydrogens (tertiary/aromatic N) is 2. The summed E-state index contributed by atoms with van der Waals surface area (Å²) in [7, 11) is 0. The van der Waals surface area contributed by atoms with Crippen LogP contribution >= 0.6 is 11.8 Å². The molecule has 0 radical (unpaired) electrons. The van der Waals surface area contributed by atoms with Crippen molar-refractivity contribution in [3.8, 4) is 0 Å². The van der Waals surface area contributed by atoms with Crippen LogP contribution in [0.4, 0.5) is 28.9 Å². The van der Waals surface area contributed by atoms with Gasteiger partial charge in [0.25, 0.3) is 5.91 Å². The summed E-state index contributed by atoms with van der Waals surface area (Å²) in [6.07, 6.45) is -2.94. The molecule has 2 amide bonds. The van der Waals surface area contributed by atoms with Gasteiger partial charge in [-0.05, 0) is 54.1 Å². The first-order chi connectivity index (χ1) is 16.7. The summed E-state index contributed by atoms with van der Waals surface area (Å²) in [5.41, 5.74) is 0.340. The number of nitrogens with one attached hydrogen (secondary N) is 1. The second kappa shape index (κ2) is 10.1. The van der Waals surface area contributed by atoms with E-state index in [0.717, 1.165) is 29.5 Å². The fourth-order valence-corrected chi connectivity index (χ4v) is 4.03. The third-order valence-electron chi connectivity index (χ3n) is 4.82. The highest BCUT2D eigenvalue weighted by atomic mass is 32.2. The molecule has 0 saturated carbocycles. The molecule has 0 saturated heterocycles. The second-order valence-electron chi connectivity index (χ2n) is 7.37.